The second-order valence-corrected chi connectivity index (χ2v) is 6.39. The number of nitrogens with zero attached hydrogens (tertiary/aromatic N) is 1. The van der Waals surface area contributed by atoms with Crippen molar-refractivity contribution in [1.82, 2.24) is 4.98 Å². The van der Waals surface area contributed by atoms with Crippen LogP contribution in [0.25, 0.3) is 6.08 Å². The zero-order valence-electron chi connectivity index (χ0n) is 12.8. The third-order valence-corrected chi connectivity index (χ3v) is 4.35. The van der Waals surface area contributed by atoms with Crippen molar-refractivity contribution in [2.24, 2.45) is 0 Å². The molecule has 2 heterocycles. The van der Waals surface area contributed by atoms with Crippen LogP contribution in [0.4, 0.5) is 0 Å². The molecular formula is C15H20BNO3S. The standard InChI is InChI=1S/C15H20BNO3S/c1-14(2)15(3,4)20-16(19-14)11(10-21)8-12-6-5-7-13(9-18)17-12/h5-9,21H,10H2,1-4H3. The lowest BCUT2D eigenvalue weighted by Gasteiger charge is -2.32. The Bertz CT molecular complexity index is 556. The van der Waals surface area contributed by atoms with Crippen molar-refractivity contribution >= 4 is 32.1 Å². The van der Waals surface area contributed by atoms with Gasteiger partial charge in [-0.1, -0.05) is 6.07 Å². The highest BCUT2D eigenvalue weighted by atomic mass is 32.1. The lowest BCUT2D eigenvalue weighted by molar-refractivity contribution is 0.00578. The summed E-state index contributed by atoms with van der Waals surface area (Å²) >= 11 is 4.36. The second kappa shape index (κ2) is 5.95. The Kier molecular flexibility index (Phi) is 4.61. The molecule has 2 rings (SSSR count). The normalized spacial score (nSPS) is 20.6. The minimum Gasteiger partial charge on any atom is -0.400 e. The summed E-state index contributed by atoms with van der Waals surface area (Å²) in [6.45, 7) is 8.03. The van der Waals surface area contributed by atoms with E-state index in [2.05, 4.69) is 17.6 Å². The van der Waals surface area contributed by atoms with E-state index in [0.717, 1.165) is 11.8 Å². The van der Waals surface area contributed by atoms with Gasteiger partial charge >= 0.3 is 7.12 Å². The monoisotopic (exact) mass is 305 g/mol. The van der Waals surface area contributed by atoms with Crippen molar-refractivity contribution in [3.05, 3.63) is 35.1 Å². The molecule has 0 aromatic carbocycles. The van der Waals surface area contributed by atoms with Gasteiger partial charge in [0.25, 0.3) is 0 Å². The Balaban J connectivity index is 2.28. The Morgan fingerprint density at radius 1 is 1.24 bits per heavy atom. The van der Waals surface area contributed by atoms with Crippen molar-refractivity contribution in [3.8, 4) is 0 Å². The molecule has 6 heteroatoms. The molecule has 112 valence electrons. The summed E-state index contributed by atoms with van der Waals surface area (Å²) in [5, 5.41) is 0. The van der Waals surface area contributed by atoms with Crippen LogP contribution >= 0.6 is 12.6 Å². The molecule has 0 amide bonds. The van der Waals surface area contributed by atoms with E-state index in [1.807, 2.05) is 39.8 Å². The highest BCUT2D eigenvalue weighted by Gasteiger charge is 2.52. The van der Waals surface area contributed by atoms with E-state index in [4.69, 9.17) is 9.31 Å². The number of pyridine rings is 1. The molecular weight excluding hydrogens is 285 g/mol. The zero-order valence-corrected chi connectivity index (χ0v) is 13.7. The number of carbonyl (C=O) groups excluding carboxylic acids is 1. The molecule has 21 heavy (non-hydrogen) atoms. The lowest BCUT2D eigenvalue weighted by Crippen LogP contribution is -2.41. The largest absolute Gasteiger partial charge is 0.491 e. The van der Waals surface area contributed by atoms with Crippen LogP contribution in [0.3, 0.4) is 0 Å². The first-order valence-corrected chi connectivity index (χ1v) is 7.51. The fourth-order valence-electron chi connectivity index (χ4n) is 1.99. The number of carbonyl (C=O) groups is 1. The quantitative estimate of drug-likeness (QED) is 0.528. The van der Waals surface area contributed by atoms with Crippen molar-refractivity contribution in [3.63, 3.8) is 0 Å². The molecule has 0 radical (unpaired) electrons. The predicted molar refractivity (Wildman–Crippen MR) is 87.5 cm³/mol. The van der Waals surface area contributed by atoms with Gasteiger partial charge in [0.2, 0.25) is 0 Å². The van der Waals surface area contributed by atoms with Crippen LogP contribution < -0.4 is 0 Å². The van der Waals surface area contributed by atoms with Gasteiger partial charge in [0.1, 0.15) is 5.69 Å². The molecule has 0 bridgehead atoms. The van der Waals surface area contributed by atoms with Crippen molar-refractivity contribution in [2.75, 3.05) is 5.75 Å². The van der Waals surface area contributed by atoms with Gasteiger partial charge in [0.05, 0.1) is 16.9 Å². The van der Waals surface area contributed by atoms with Crippen molar-refractivity contribution in [1.29, 1.82) is 0 Å². The molecule has 1 aromatic rings. The fourth-order valence-corrected chi connectivity index (χ4v) is 2.23. The Morgan fingerprint density at radius 3 is 2.33 bits per heavy atom. The summed E-state index contributed by atoms with van der Waals surface area (Å²) in [6.07, 6.45) is 2.59. The van der Waals surface area contributed by atoms with Gasteiger partial charge in [-0.15, -0.1) is 0 Å². The van der Waals surface area contributed by atoms with Gasteiger partial charge in [0, 0.05) is 5.75 Å². The first kappa shape index (κ1) is 16.3. The topological polar surface area (TPSA) is 48.4 Å². The van der Waals surface area contributed by atoms with Crippen LogP contribution in [-0.4, -0.2) is 35.3 Å². The third-order valence-electron chi connectivity index (χ3n) is 3.98. The van der Waals surface area contributed by atoms with E-state index in [0.29, 0.717) is 17.1 Å². The molecule has 0 aliphatic carbocycles. The number of thiol groups is 1. The number of aromatic nitrogens is 1. The van der Waals surface area contributed by atoms with Gasteiger partial charge in [-0.05, 0) is 51.4 Å². The molecule has 1 fully saturated rings. The predicted octanol–water partition coefficient (Wildman–Crippen LogP) is 2.84. The summed E-state index contributed by atoms with van der Waals surface area (Å²) in [7, 11) is -0.450. The number of hydrogen-bond donors (Lipinski definition) is 1. The third kappa shape index (κ3) is 3.39. The summed E-state index contributed by atoms with van der Waals surface area (Å²) in [6, 6.07) is 5.30. The van der Waals surface area contributed by atoms with Crippen molar-refractivity contribution < 1.29 is 14.1 Å². The summed E-state index contributed by atoms with van der Waals surface area (Å²) < 4.78 is 12.0. The average molecular weight is 305 g/mol. The van der Waals surface area contributed by atoms with Crippen LogP contribution in [0.15, 0.2) is 23.7 Å². The Morgan fingerprint density at radius 2 is 1.81 bits per heavy atom. The van der Waals surface area contributed by atoms with Gasteiger partial charge in [0.15, 0.2) is 6.29 Å². The average Bonchev–Trinajstić information content (AvgIpc) is 2.65. The summed E-state index contributed by atoms with van der Waals surface area (Å²) in [5.41, 5.74) is 1.19. The van der Waals surface area contributed by atoms with Crippen LogP contribution in [-0.2, 0) is 9.31 Å². The van der Waals surface area contributed by atoms with Crippen LogP contribution in [0, 0.1) is 0 Å². The first-order chi connectivity index (χ1) is 9.79. The van der Waals surface area contributed by atoms with Gasteiger partial charge in [-0.2, -0.15) is 12.6 Å². The number of hydrogen-bond acceptors (Lipinski definition) is 5. The maximum Gasteiger partial charge on any atom is 0.491 e. The van der Waals surface area contributed by atoms with E-state index in [1.165, 1.54) is 0 Å². The lowest BCUT2D eigenvalue weighted by atomic mass is 9.78. The van der Waals surface area contributed by atoms with E-state index in [-0.39, 0.29) is 0 Å². The smallest absolute Gasteiger partial charge is 0.400 e. The van der Waals surface area contributed by atoms with Crippen molar-refractivity contribution in [2.45, 2.75) is 38.9 Å². The maximum atomic E-state index is 10.8. The molecule has 1 saturated heterocycles. The molecule has 0 unspecified atom stereocenters. The Labute approximate surface area is 131 Å². The maximum absolute atomic E-state index is 10.8. The van der Waals surface area contributed by atoms with Crippen LogP contribution in [0.5, 0.6) is 0 Å². The van der Waals surface area contributed by atoms with Gasteiger partial charge in [-0.25, -0.2) is 4.98 Å². The molecule has 0 saturated carbocycles. The minimum absolute atomic E-state index is 0.391. The molecule has 4 nitrogen and oxygen atoms in total. The molecule has 0 N–H and O–H groups in total. The first-order valence-electron chi connectivity index (χ1n) is 6.88. The molecule has 0 atom stereocenters. The minimum atomic E-state index is -0.450. The molecule has 1 aliphatic heterocycles. The second-order valence-electron chi connectivity index (χ2n) is 6.07. The van der Waals surface area contributed by atoms with Crippen LogP contribution in [0.1, 0.15) is 43.9 Å². The van der Waals surface area contributed by atoms with Crippen LogP contribution in [0.2, 0.25) is 0 Å². The Hall–Kier alpha value is -1.11. The van der Waals surface area contributed by atoms with E-state index >= 15 is 0 Å². The van der Waals surface area contributed by atoms with E-state index in [1.54, 1.807) is 12.1 Å². The highest BCUT2D eigenvalue weighted by Crippen LogP contribution is 2.38. The van der Waals surface area contributed by atoms with E-state index < -0.39 is 18.3 Å². The molecule has 1 aliphatic rings. The zero-order chi connectivity index (χ0) is 15.7. The molecule has 1 aromatic heterocycles. The summed E-state index contributed by atoms with van der Waals surface area (Å²) in [4.78, 5) is 15.0. The molecule has 0 spiro atoms. The highest BCUT2D eigenvalue weighted by molar-refractivity contribution is 7.80. The SMILES string of the molecule is CC1(C)OB(C(=Cc2cccc(C=O)n2)CS)OC1(C)C. The number of aldehydes is 1. The fraction of sp³-hybridized carbons (Fsp3) is 0.467. The van der Waals surface area contributed by atoms with Gasteiger partial charge in [-0.3, -0.25) is 4.79 Å². The van der Waals surface area contributed by atoms with Gasteiger partial charge < -0.3 is 9.31 Å². The summed E-state index contributed by atoms with van der Waals surface area (Å²) in [5.74, 6) is 0.490. The number of rotatable bonds is 4. The van der Waals surface area contributed by atoms with E-state index in [9.17, 15) is 4.79 Å².